The van der Waals surface area contributed by atoms with Crippen molar-refractivity contribution in [3.05, 3.63) is 56.9 Å². The Hall–Kier alpha value is -1.89. The molecule has 1 saturated carbocycles. The average Bonchev–Trinajstić information content (AvgIpc) is 2.77. The van der Waals surface area contributed by atoms with E-state index in [2.05, 4.69) is 10.6 Å². The molecule has 1 aliphatic heterocycles. The van der Waals surface area contributed by atoms with Crippen LogP contribution in [0.1, 0.15) is 43.0 Å². The predicted octanol–water partition coefficient (Wildman–Crippen LogP) is 3.92. The Balaban J connectivity index is 1.47. The van der Waals surface area contributed by atoms with Gasteiger partial charge >= 0.3 is 0 Å². The molecular weight excluding hydrogens is 562 g/mol. The Morgan fingerprint density at radius 2 is 1.79 bits per heavy atom. The fraction of sp³-hybridized carbons (Fsp3) is 0.458. The third-order valence-corrected chi connectivity index (χ3v) is 7.39. The number of carbonyl (C=O) groups excluding carboxylic acids is 1. The van der Waals surface area contributed by atoms with Crippen molar-refractivity contribution in [2.75, 3.05) is 18.4 Å². The van der Waals surface area contributed by atoms with Gasteiger partial charge in [0.15, 0.2) is 11.6 Å². The number of aliphatic hydroxyl groups excluding tert-OH is 1. The molecule has 1 heterocycles. The first kappa shape index (κ1) is 25.2. The summed E-state index contributed by atoms with van der Waals surface area (Å²) in [7, 11) is 0. The number of rotatable bonds is 6. The zero-order chi connectivity index (χ0) is 24.6. The lowest BCUT2D eigenvalue weighted by Crippen LogP contribution is -2.71. The fourth-order valence-electron chi connectivity index (χ4n) is 4.53. The highest BCUT2D eigenvalue weighted by Gasteiger charge is 2.48. The molecule has 4 N–H and O–H groups in total. The molecule has 6 nitrogen and oxygen atoms in total. The summed E-state index contributed by atoms with van der Waals surface area (Å²) in [5.41, 5.74) is -1.86. The summed E-state index contributed by atoms with van der Waals surface area (Å²) < 4.78 is 43.6. The maximum Gasteiger partial charge on any atom is 0.256 e. The molecule has 4 rings (SSSR count). The highest BCUT2D eigenvalue weighted by atomic mass is 127. The van der Waals surface area contributed by atoms with Gasteiger partial charge in [-0.2, -0.15) is 0 Å². The summed E-state index contributed by atoms with van der Waals surface area (Å²) in [6.07, 6.45) is 2.76. The molecule has 0 radical (unpaired) electrons. The number of carbonyl (C=O) groups is 1. The number of anilines is 2. The molecule has 1 atom stereocenters. The Bertz CT molecular complexity index is 1070. The predicted molar refractivity (Wildman–Crippen MR) is 130 cm³/mol. The van der Waals surface area contributed by atoms with Gasteiger partial charge in [-0.1, -0.05) is 0 Å². The quantitative estimate of drug-likeness (QED) is 0.384. The van der Waals surface area contributed by atoms with Crippen molar-refractivity contribution < 1.29 is 28.2 Å². The molecule has 2 fully saturated rings. The van der Waals surface area contributed by atoms with Gasteiger partial charge in [0, 0.05) is 15.7 Å². The minimum Gasteiger partial charge on any atom is -0.393 e. The summed E-state index contributed by atoms with van der Waals surface area (Å²) in [6.45, 7) is 1.88. The summed E-state index contributed by atoms with van der Waals surface area (Å²) in [5.74, 6) is -3.71. The van der Waals surface area contributed by atoms with Crippen molar-refractivity contribution in [3.8, 4) is 0 Å². The standard InChI is InChI=1S/C24H27F3IN3O3/c1-13(29-15-3-5-16(32)6-4-15)24(34)11-31(12-24)23(33)17-7-8-18(25)21(27)22(17)30-20-9-2-14(28)10-19(20)26/h2,7-10,13,15-16,29-30,32,34H,3-6,11-12H2,1H3/t13?,15-,16-. The van der Waals surface area contributed by atoms with Crippen molar-refractivity contribution >= 4 is 39.9 Å². The van der Waals surface area contributed by atoms with Gasteiger partial charge in [0.1, 0.15) is 11.4 Å². The Morgan fingerprint density at radius 3 is 2.44 bits per heavy atom. The Labute approximate surface area is 209 Å². The summed E-state index contributed by atoms with van der Waals surface area (Å²) in [5, 5.41) is 26.6. The van der Waals surface area contributed by atoms with Crippen LogP contribution in [0.4, 0.5) is 24.5 Å². The smallest absolute Gasteiger partial charge is 0.256 e. The van der Waals surface area contributed by atoms with Crippen LogP contribution in [0.5, 0.6) is 0 Å². The monoisotopic (exact) mass is 589 g/mol. The number of hydrogen-bond donors (Lipinski definition) is 4. The van der Waals surface area contributed by atoms with Crippen LogP contribution in [0.25, 0.3) is 0 Å². The Morgan fingerprint density at radius 1 is 1.12 bits per heavy atom. The maximum absolute atomic E-state index is 14.7. The topological polar surface area (TPSA) is 84.8 Å². The van der Waals surface area contributed by atoms with E-state index in [1.54, 1.807) is 6.07 Å². The minimum atomic E-state index is -1.28. The molecular formula is C24H27F3IN3O3. The van der Waals surface area contributed by atoms with Crippen LogP contribution >= 0.6 is 22.6 Å². The number of nitrogens with zero attached hydrogens (tertiary/aromatic N) is 1. The second kappa shape index (κ2) is 10.00. The molecule has 1 saturated heterocycles. The van der Waals surface area contributed by atoms with Crippen molar-refractivity contribution in [3.63, 3.8) is 0 Å². The molecule has 0 bridgehead atoms. The number of β-amino-alcohol motifs (C(OH)–C–C–N with tert-alkyl or cyclic N) is 1. The van der Waals surface area contributed by atoms with Gasteiger partial charge < -0.3 is 25.7 Å². The van der Waals surface area contributed by atoms with Gasteiger partial charge in [0.25, 0.3) is 5.91 Å². The summed E-state index contributed by atoms with van der Waals surface area (Å²) in [4.78, 5) is 14.5. The number of likely N-dealkylation sites (tertiary alicyclic amines) is 1. The van der Waals surface area contributed by atoms with Crippen molar-refractivity contribution in [2.45, 2.75) is 56.4 Å². The van der Waals surface area contributed by atoms with E-state index in [0.717, 1.165) is 25.0 Å². The van der Waals surface area contributed by atoms with Gasteiger partial charge in [0.2, 0.25) is 0 Å². The fourth-order valence-corrected chi connectivity index (χ4v) is 4.98. The zero-order valence-electron chi connectivity index (χ0n) is 18.6. The van der Waals surface area contributed by atoms with Crippen LogP contribution in [-0.4, -0.2) is 57.9 Å². The van der Waals surface area contributed by atoms with E-state index in [1.165, 1.54) is 17.0 Å². The third kappa shape index (κ3) is 5.19. The normalized spacial score (nSPS) is 22.7. The van der Waals surface area contributed by atoms with Crippen molar-refractivity contribution in [2.24, 2.45) is 0 Å². The maximum atomic E-state index is 14.7. The summed E-state index contributed by atoms with van der Waals surface area (Å²) >= 11 is 1.93. The van der Waals surface area contributed by atoms with Crippen molar-refractivity contribution in [1.29, 1.82) is 0 Å². The zero-order valence-corrected chi connectivity index (χ0v) is 20.8. The highest BCUT2D eigenvalue weighted by Crippen LogP contribution is 2.33. The van der Waals surface area contributed by atoms with Crippen LogP contribution in [0, 0.1) is 21.0 Å². The number of nitrogens with one attached hydrogen (secondary N) is 2. The Kier molecular flexibility index (Phi) is 7.41. The SMILES string of the molecule is CC(N[C@H]1CC[C@H](O)CC1)C1(O)CN(C(=O)c2ccc(F)c(F)c2Nc2ccc(I)cc2F)C1. The number of benzene rings is 2. The van der Waals surface area contributed by atoms with Gasteiger partial charge in [-0.05, 0) is 85.5 Å². The summed E-state index contributed by atoms with van der Waals surface area (Å²) in [6, 6.07) is 6.10. The molecule has 1 aliphatic carbocycles. The van der Waals surface area contributed by atoms with Crippen LogP contribution in [0.2, 0.25) is 0 Å². The van der Waals surface area contributed by atoms with Gasteiger partial charge in [-0.25, -0.2) is 13.2 Å². The first-order valence-corrected chi connectivity index (χ1v) is 12.3. The second-order valence-corrected chi connectivity index (χ2v) is 10.4. The van der Waals surface area contributed by atoms with E-state index in [1.807, 2.05) is 29.5 Å². The second-order valence-electron chi connectivity index (χ2n) is 9.19. The molecule has 1 amide bonds. The number of halogens is 4. The lowest BCUT2D eigenvalue weighted by atomic mass is 9.84. The molecule has 0 spiro atoms. The van der Waals surface area contributed by atoms with Gasteiger partial charge in [-0.15, -0.1) is 0 Å². The third-order valence-electron chi connectivity index (χ3n) is 6.72. The average molecular weight is 589 g/mol. The lowest BCUT2D eigenvalue weighted by molar-refractivity contribution is -0.103. The van der Waals surface area contributed by atoms with E-state index in [0.29, 0.717) is 16.4 Å². The van der Waals surface area contributed by atoms with E-state index >= 15 is 0 Å². The van der Waals surface area contributed by atoms with E-state index in [9.17, 15) is 28.2 Å². The first-order chi connectivity index (χ1) is 16.1. The highest BCUT2D eigenvalue weighted by molar-refractivity contribution is 14.1. The van der Waals surface area contributed by atoms with Crippen LogP contribution < -0.4 is 10.6 Å². The lowest BCUT2D eigenvalue weighted by Gasteiger charge is -2.50. The first-order valence-electron chi connectivity index (χ1n) is 11.2. The molecule has 2 aromatic carbocycles. The molecule has 34 heavy (non-hydrogen) atoms. The van der Waals surface area contributed by atoms with E-state index in [-0.39, 0.29) is 42.5 Å². The van der Waals surface area contributed by atoms with Crippen LogP contribution in [0.15, 0.2) is 30.3 Å². The van der Waals surface area contributed by atoms with Gasteiger partial charge in [0.05, 0.1) is 36.1 Å². The molecule has 2 aromatic rings. The molecule has 1 unspecified atom stereocenters. The van der Waals surface area contributed by atoms with E-state index in [4.69, 9.17) is 0 Å². The largest absolute Gasteiger partial charge is 0.393 e. The molecule has 10 heteroatoms. The van der Waals surface area contributed by atoms with Crippen LogP contribution in [0.3, 0.4) is 0 Å². The molecule has 184 valence electrons. The van der Waals surface area contributed by atoms with Crippen LogP contribution in [-0.2, 0) is 0 Å². The van der Waals surface area contributed by atoms with Gasteiger partial charge in [-0.3, -0.25) is 4.79 Å². The van der Waals surface area contributed by atoms with Crippen molar-refractivity contribution in [1.82, 2.24) is 10.2 Å². The molecule has 2 aliphatic rings. The number of aliphatic hydroxyl groups is 2. The number of hydrogen-bond acceptors (Lipinski definition) is 5. The molecule has 0 aromatic heterocycles. The minimum absolute atomic E-state index is 0.0195. The van der Waals surface area contributed by atoms with E-state index < -0.39 is 34.6 Å². The number of amides is 1.